The van der Waals surface area contributed by atoms with Crippen LogP contribution in [0.4, 0.5) is 0 Å². The van der Waals surface area contributed by atoms with E-state index in [-0.39, 0.29) is 6.61 Å². The van der Waals surface area contributed by atoms with Crippen LogP contribution in [0.5, 0.6) is 5.75 Å². The van der Waals surface area contributed by atoms with Crippen molar-refractivity contribution in [3.05, 3.63) is 84.1 Å². The second-order valence-corrected chi connectivity index (χ2v) is 8.23. The minimum atomic E-state index is 0.277. The maximum Gasteiger partial charge on any atom is 0.170 e. The van der Waals surface area contributed by atoms with Gasteiger partial charge in [0.25, 0.3) is 0 Å². The fourth-order valence-electron chi connectivity index (χ4n) is 3.29. The standard InChI is InChI=1S/C22H17ClN6OS/c1-14-9-18(29-8-7-24-13-29)15-3-2-4-19(21(15)28-14)30-12-16-17(23)10-25-11-20(16)31-22-26-5-6-27-22/h2-11,13H,12H2,1H3,(H,26,27). The highest BCUT2D eigenvalue weighted by atomic mass is 35.5. The fourth-order valence-corrected chi connectivity index (χ4v) is 4.42. The molecule has 0 amide bonds. The molecule has 154 valence electrons. The SMILES string of the molecule is Cc1cc(-n2ccnc2)c2cccc(OCc3c(Cl)cncc3Sc3ncc[nH]3)c2n1. The summed E-state index contributed by atoms with van der Waals surface area (Å²) < 4.78 is 8.20. The summed E-state index contributed by atoms with van der Waals surface area (Å²) in [5, 5.41) is 2.28. The van der Waals surface area contributed by atoms with Gasteiger partial charge < -0.3 is 14.3 Å². The summed E-state index contributed by atoms with van der Waals surface area (Å²) in [6.45, 7) is 2.24. The molecular formula is C22H17ClN6OS. The molecule has 0 bridgehead atoms. The zero-order valence-electron chi connectivity index (χ0n) is 16.5. The van der Waals surface area contributed by atoms with Crippen molar-refractivity contribution >= 4 is 34.3 Å². The largest absolute Gasteiger partial charge is 0.487 e. The number of hydrogen-bond acceptors (Lipinski definition) is 6. The smallest absolute Gasteiger partial charge is 0.170 e. The zero-order valence-corrected chi connectivity index (χ0v) is 18.1. The van der Waals surface area contributed by atoms with Gasteiger partial charge in [-0.05, 0) is 30.8 Å². The van der Waals surface area contributed by atoms with Crippen LogP contribution in [0.1, 0.15) is 11.3 Å². The third-order valence-corrected chi connectivity index (χ3v) is 6.02. The molecule has 7 nitrogen and oxygen atoms in total. The molecule has 0 radical (unpaired) electrons. The molecular weight excluding hydrogens is 432 g/mol. The van der Waals surface area contributed by atoms with E-state index in [1.807, 2.05) is 42.0 Å². The Morgan fingerprint density at radius 2 is 2.13 bits per heavy atom. The highest BCUT2D eigenvalue weighted by Gasteiger charge is 2.14. The molecule has 0 saturated carbocycles. The number of pyridine rings is 2. The monoisotopic (exact) mass is 448 g/mol. The lowest BCUT2D eigenvalue weighted by Crippen LogP contribution is -2.02. The van der Waals surface area contributed by atoms with Crippen LogP contribution < -0.4 is 4.74 Å². The zero-order chi connectivity index (χ0) is 21.2. The third kappa shape index (κ3) is 3.99. The van der Waals surface area contributed by atoms with Crippen molar-refractivity contribution in [1.29, 1.82) is 0 Å². The van der Waals surface area contributed by atoms with Crippen LogP contribution in [-0.4, -0.2) is 29.5 Å². The number of nitrogens with one attached hydrogen (secondary N) is 1. The second-order valence-electron chi connectivity index (χ2n) is 6.79. The summed E-state index contributed by atoms with van der Waals surface area (Å²) in [5.41, 5.74) is 3.53. The number of para-hydroxylation sites is 1. The predicted molar refractivity (Wildman–Crippen MR) is 120 cm³/mol. The Bertz CT molecular complexity index is 1340. The van der Waals surface area contributed by atoms with Gasteiger partial charge in [-0.2, -0.15) is 0 Å². The van der Waals surface area contributed by atoms with Gasteiger partial charge in [0.1, 0.15) is 17.9 Å². The molecule has 4 heterocycles. The average molecular weight is 449 g/mol. The van der Waals surface area contributed by atoms with Crippen molar-refractivity contribution in [3.8, 4) is 11.4 Å². The lowest BCUT2D eigenvalue weighted by atomic mass is 10.1. The summed E-state index contributed by atoms with van der Waals surface area (Å²) >= 11 is 7.92. The number of fused-ring (bicyclic) bond motifs is 1. The molecule has 9 heteroatoms. The molecule has 31 heavy (non-hydrogen) atoms. The van der Waals surface area contributed by atoms with Gasteiger partial charge in [0.15, 0.2) is 5.16 Å². The van der Waals surface area contributed by atoms with Crippen molar-refractivity contribution in [1.82, 2.24) is 29.5 Å². The molecule has 5 rings (SSSR count). The Morgan fingerprint density at radius 1 is 1.19 bits per heavy atom. The topological polar surface area (TPSA) is 81.5 Å². The third-order valence-electron chi connectivity index (χ3n) is 4.71. The number of aromatic amines is 1. The first-order valence-corrected chi connectivity index (χ1v) is 10.7. The summed E-state index contributed by atoms with van der Waals surface area (Å²) in [5.74, 6) is 0.685. The van der Waals surface area contributed by atoms with Gasteiger partial charge in [-0.15, -0.1) is 0 Å². The van der Waals surface area contributed by atoms with E-state index in [2.05, 4.69) is 19.9 Å². The molecule has 0 unspecified atom stereocenters. The number of rotatable bonds is 6. The molecule has 0 aliphatic rings. The van der Waals surface area contributed by atoms with Gasteiger partial charge in [0, 0.05) is 58.7 Å². The Labute approximate surface area is 187 Å². The van der Waals surface area contributed by atoms with Crippen molar-refractivity contribution in [3.63, 3.8) is 0 Å². The van der Waals surface area contributed by atoms with E-state index in [1.54, 1.807) is 37.3 Å². The van der Waals surface area contributed by atoms with E-state index < -0.39 is 0 Å². The van der Waals surface area contributed by atoms with Gasteiger partial charge in [-0.1, -0.05) is 23.7 Å². The molecule has 0 aliphatic heterocycles. The maximum absolute atomic E-state index is 6.46. The normalized spacial score (nSPS) is 11.2. The number of aryl methyl sites for hydroxylation is 1. The molecule has 0 spiro atoms. The van der Waals surface area contributed by atoms with E-state index >= 15 is 0 Å². The highest BCUT2D eigenvalue weighted by Crippen LogP contribution is 2.34. The minimum absolute atomic E-state index is 0.277. The minimum Gasteiger partial charge on any atom is -0.487 e. The van der Waals surface area contributed by atoms with Gasteiger partial charge in [0.2, 0.25) is 0 Å². The van der Waals surface area contributed by atoms with E-state index in [4.69, 9.17) is 21.3 Å². The number of benzene rings is 1. The molecule has 5 aromatic rings. The summed E-state index contributed by atoms with van der Waals surface area (Å²) in [6, 6.07) is 7.94. The van der Waals surface area contributed by atoms with E-state index in [9.17, 15) is 0 Å². The predicted octanol–water partition coefficient (Wildman–Crippen LogP) is 5.23. The van der Waals surface area contributed by atoms with Crippen LogP contribution in [0.3, 0.4) is 0 Å². The van der Waals surface area contributed by atoms with Crippen LogP contribution in [-0.2, 0) is 6.61 Å². The van der Waals surface area contributed by atoms with Crippen LogP contribution in [0.15, 0.2) is 77.8 Å². The highest BCUT2D eigenvalue weighted by molar-refractivity contribution is 7.99. The quantitative estimate of drug-likeness (QED) is 0.383. The summed E-state index contributed by atoms with van der Waals surface area (Å²) in [6.07, 6.45) is 12.3. The van der Waals surface area contributed by atoms with Gasteiger partial charge in [0.05, 0.1) is 17.0 Å². The second kappa shape index (κ2) is 8.41. The summed E-state index contributed by atoms with van der Waals surface area (Å²) in [4.78, 5) is 21.3. The van der Waals surface area contributed by atoms with Gasteiger partial charge in [-0.25, -0.2) is 15.0 Å². The lowest BCUT2D eigenvalue weighted by molar-refractivity contribution is 0.306. The van der Waals surface area contributed by atoms with Crippen molar-refractivity contribution in [2.45, 2.75) is 23.6 Å². The number of ether oxygens (including phenoxy) is 1. The van der Waals surface area contributed by atoms with Crippen molar-refractivity contribution in [2.24, 2.45) is 0 Å². The number of hydrogen-bond donors (Lipinski definition) is 1. The molecule has 4 aromatic heterocycles. The number of aromatic nitrogens is 6. The Kier molecular flexibility index (Phi) is 5.31. The molecule has 1 N–H and O–H groups in total. The van der Waals surface area contributed by atoms with Gasteiger partial charge in [-0.3, -0.25) is 4.98 Å². The van der Waals surface area contributed by atoms with Crippen molar-refractivity contribution < 1.29 is 4.74 Å². The van der Waals surface area contributed by atoms with Crippen LogP contribution in [0.25, 0.3) is 16.6 Å². The Balaban J connectivity index is 1.50. The molecule has 0 aliphatic carbocycles. The molecule has 0 atom stereocenters. The Hall–Kier alpha value is -3.36. The van der Waals surface area contributed by atoms with E-state index in [0.29, 0.717) is 10.8 Å². The van der Waals surface area contributed by atoms with Gasteiger partial charge >= 0.3 is 0 Å². The van der Waals surface area contributed by atoms with Crippen LogP contribution >= 0.6 is 23.4 Å². The van der Waals surface area contributed by atoms with E-state index in [0.717, 1.165) is 37.9 Å². The molecule has 0 fully saturated rings. The number of nitrogens with zero attached hydrogens (tertiary/aromatic N) is 5. The fraction of sp³-hybridized carbons (Fsp3) is 0.0909. The van der Waals surface area contributed by atoms with Crippen LogP contribution in [0.2, 0.25) is 5.02 Å². The maximum atomic E-state index is 6.46. The average Bonchev–Trinajstić information content (AvgIpc) is 3.47. The van der Waals surface area contributed by atoms with Crippen LogP contribution in [0, 0.1) is 6.92 Å². The summed E-state index contributed by atoms with van der Waals surface area (Å²) in [7, 11) is 0. The molecule has 1 aromatic carbocycles. The number of halogens is 1. The first-order chi connectivity index (χ1) is 15.2. The Morgan fingerprint density at radius 3 is 2.94 bits per heavy atom. The molecule has 0 saturated heterocycles. The van der Waals surface area contributed by atoms with Crippen molar-refractivity contribution in [2.75, 3.05) is 0 Å². The number of H-pyrrole nitrogens is 1. The lowest BCUT2D eigenvalue weighted by Gasteiger charge is -2.14. The number of imidazole rings is 2. The first-order valence-electron chi connectivity index (χ1n) is 9.50. The first kappa shape index (κ1) is 19.6. The van der Waals surface area contributed by atoms with E-state index in [1.165, 1.54) is 11.8 Å².